The Bertz CT molecular complexity index is 1370. The van der Waals surface area contributed by atoms with E-state index < -0.39 is 0 Å². The average molecular weight is 491 g/mol. The van der Waals surface area contributed by atoms with Crippen molar-refractivity contribution in [3.05, 3.63) is 132 Å². The van der Waals surface area contributed by atoms with Gasteiger partial charge in [0.1, 0.15) is 0 Å². The molecule has 1 heterocycles. The van der Waals surface area contributed by atoms with E-state index in [4.69, 9.17) is 0 Å². The van der Waals surface area contributed by atoms with Crippen molar-refractivity contribution in [1.29, 1.82) is 0 Å². The molecule has 160 valence electrons. The van der Waals surface area contributed by atoms with E-state index in [1.165, 1.54) is 42.3 Å². The van der Waals surface area contributed by atoms with E-state index in [0.717, 1.165) is 12.0 Å². The standard InChI is InChI=1S/C31H24OSe/c1-22(32)24-17-19-25(20-18-24)29-28(21-23-11-5-2-6-12-23)30(26-13-7-3-8-14-26)33-31(29)27-15-9-4-10-16-27/h2-20H,21H2,1H3. The fraction of sp³-hybridized carbons (Fsp3) is 0.0645. The molecule has 0 unspecified atom stereocenters. The third-order valence-corrected chi connectivity index (χ3v) is 8.67. The van der Waals surface area contributed by atoms with Crippen LogP contribution >= 0.6 is 0 Å². The molecule has 0 aliphatic carbocycles. The van der Waals surface area contributed by atoms with Crippen LogP contribution in [0.1, 0.15) is 28.4 Å². The van der Waals surface area contributed by atoms with Crippen molar-refractivity contribution < 1.29 is 4.79 Å². The Morgan fingerprint density at radius 1 is 0.606 bits per heavy atom. The van der Waals surface area contributed by atoms with Gasteiger partial charge in [0.2, 0.25) is 0 Å². The van der Waals surface area contributed by atoms with Gasteiger partial charge in [-0.15, -0.1) is 0 Å². The molecule has 33 heavy (non-hydrogen) atoms. The van der Waals surface area contributed by atoms with Gasteiger partial charge in [-0.2, -0.15) is 0 Å². The summed E-state index contributed by atoms with van der Waals surface area (Å²) in [5.41, 5.74) is 8.52. The van der Waals surface area contributed by atoms with Crippen molar-refractivity contribution in [2.24, 2.45) is 0 Å². The maximum absolute atomic E-state index is 11.9. The number of hydrogen-bond donors (Lipinski definition) is 0. The zero-order valence-corrected chi connectivity index (χ0v) is 20.2. The second-order valence-corrected chi connectivity index (χ2v) is 10.3. The van der Waals surface area contributed by atoms with Crippen LogP contribution in [0, 0.1) is 0 Å². The minimum absolute atomic E-state index is 0.0967. The molecule has 0 saturated heterocycles. The Balaban J connectivity index is 1.78. The van der Waals surface area contributed by atoms with E-state index in [0.29, 0.717) is 0 Å². The third kappa shape index (κ3) is 4.54. The molecule has 1 aromatic heterocycles. The molecule has 0 aliphatic rings. The molecule has 0 saturated carbocycles. The summed E-state index contributed by atoms with van der Waals surface area (Å²) in [4.78, 5) is 11.9. The van der Waals surface area contributed by atoms with Crippen LogP contribution in [0.2, 0.25) is 0 Å². The number of carbonyl (C=O) groups excluding carboxylic acids is 1. The van der Waals surface area contributed by atoms with E-state index in [9.17, 15) is 4.79 Å². The predicted octanol–water partition coefficient (Wildman–Crippen LogP) is 7.54. The number of carbonyl (C=O) groups is 1. The average Bonchev–Trinajstić information content (AvgIpc) is 3.25. The Morgan fingerprint density at radius 2 is 1.12 bits per heavy atom. The van der Waals surface area contributed by atoms with Gasteiger partial charge in [-0.1, -0.05) is 0 Å². The number of ketones is 1. The van der Waals surface area contributed by atoms with Crippen LogP contribution in [0.25, 0.3) is 31.1 Å². The summed E-state index contributed by atoms with van der Waals surface area (Å²) < 4.78 is 2.85. The van der Waals surface area contributed by atoms with Crippen molar-refractivity contribution in [2.45, 2.75) is 13.3 Å². The van der Waals surface area contributed by atoms with E-state index in [-0.39, 0.29) is 20.3 Å². The van der Waals surface area contributed by atoms with Crippen molar-refractivity contribution in [1.82, 2.24) is 0 Å². The SMILES string of the molecule is CC(=O)c1ccc(-c2c(-c3ccccc3)[se]c(-c3ccccc3)c2Cc2ccccc2)cc1. The third-order valence-electron chi connectivity index (χ3n) is 5.88. The summed E-state index contributed by atoms with van der Waals surface area (Å²) in [6, 6.07) is 40.4. The Kier molecular flexibility index (Phi) is 6.21. The van der Waals surface area contributed by atoms with Crippen LogP contribution < -0.4 is 0 Å². The minimum atomic E-state index is 0.0967. The Morgan fingerprint density at radius 3 is 1.67 bits per heavy atom. The first-order valence-corrected chi connectivity index (χ1v) is 12.8. The Hall–Kier alpha value is -3.45. The van der Waals surface area contributed by atoms with E-state index in [1.54, 1.807) is 6.92 Å². The number of Topliss-reactive ketones (excluding diaryl/α,β-unsaturated/α-hetero) is 1. The summed E-state index contributed by atoms with van der Waals surface area (Å²) in [6.45, 7) is 1.62. The molecule has 0 spiro atoms. The summed E-state index contributed by atoms with van der Waals surface area (Å²) >= 11 is 0.168. The molecule has 0 radical (unpaired) electrons. The second kappa shape index (κ2) is 9.58. The van der Waals surface area contributed by atoms with Crippen molar-refractivity contribution >= 4 is 20.3 Å². The van der Waals surface area contributed by atoms with Crippen LogP contribution in [-0.4, -0.2) is 20.3 Å². The molecule has 0 fully saturated rings. The van der Waals surface area contributed by atoms with Gasteiger partial charge in [-0.3, -0.25) is 0 Å². The van der Waals surface area contributed by atoms with Gasteiger partial charge in [-0.05, 0) is 0 Å². The molecule has 0 aliphatic heterocycles. The van der Waals surface area contributed by atoms with E-state index in [2.05, 4.69) is 103 Å². The van der Waals surface area contributed by atoms with Crippen molar-refractivity contribution in [3.8, 4) is 31.1 Å². The maximum atomic E-state index is 11.9. The van der Waals surface area contributed by atoms with Crippen LogP contribution in [0.15, 0.2) is 115 Å². The molecular weight excluding hydrogens is 467 g/mol. The number of rotatable bonds is 6. The van der Waals surface area contributed by atoms with Gasteiger partial charge in [0.25, 0.3) is 0 Å². The van der Waals surface area contributed by atoms with Gasteiger partial charge in [0.05, 0.1) is 0 Å². The van der Waals surface area contributed by atoms with Gasteiger partial charge in [-0.25, -0.2) is 0 Å². The molecule has 0 amide bonds. The second-order valence-electron chi connectivity index (χ2n) is 8.14. The summed E-state index contributed by atoms with van der Waals surface area (Å²) in [6.07, 6.45) is 0.882. The van der Waals surface area contributed by atoms with E-state index >= 15 is 0 Å². The van der Waals surface area contributed by atoms with Gasteiger partial charge in [0.15, 0.2) is 0 Å². The summed E-state index contributed by atoms with van der Waals surface area (Å²) in [5.74, 6) is 0.0967. The van der Waals surface area contributed by atoms with Crippen LogP contribution in [-0.2, 0) is 6.42 Å². The van der Waals surface area contributed by atoms with E-state index in [1.807, 2.05) is 12.1 Å². The fourth-order valence-electron chi connectivity index (χ4n) is 4.23. The van der Waals surface area contributed by atoms with Crippen LogP contribution in [0.5, 0.6) is 0 Å². The molecule has 0 N–H and O–H groups in total. The van der Waals surface area contributed by atoms with Gasteiger partial charge < -0.3 is 0 Å². The molecular formula is C31H24OSe. The predicted molar refractivity (Wildman–Crippen MR) is 139 cm³/mol. The first-order chi connectivity index (χ1) is 16.2. The number of benzene rings is 4. The van der Waals surface area contributed by atoms with Gasteiger partial charge in [0, 0.05) is 0 Å². The molecule has 4 aromatic carbocycles. The molecule has 0 bridgehead atoms. The number of hydrogen-bond acceptors (Lipinski definition) is 1. The fourth-order valence-corrected chi connectivity index (χ4v) is 7.06. The van der Waals surface area contributed by atoms with Gasteiger partial charge >= 0.3 is 202 Å². The summed E-state index contributed by atoms with van der Waals surface area (Å²) in [7, 11) is 0. The molecule has 0 atom stereocenters. The van der Waals surface area contributed by atoms with Crippen molar-refractivity contribution in [3.63, 3.8) is 0 Å². The summed E-state index contributed by atoms with van der Waals surface area (Å²) in [5, 5.41) is 0. The van der Waals surface area contributed by atoms with Crippen LogP contribution in [0.4, 0.5) is 0 Å². The Labute approximate surface area is 201 Å². The first kappa shape index (κ1) is 21.4. The van der Waals surface area contributed by atoms with Crippen LogP contribution in [0.3, 0.4) is 0 Å². The first-order valence-electron chi connectivity index (χ1n) is 11.1. The zero-order chi connectivity index (χ0) is 22.6. The molecule has 5 rings (SSSR count). The van der Waals surface area contributed by atoms with Crippen molar-refractivity contribution in [2.75, 3.05) is 0 Å². The monoisotopic (exact) mass is 492 g/mol. The molecule has 1 nitrogen and oxygen atoms in total. The normalized spacial score (nSPS) is 10.8. The zero-order valence-electron chi connectivity index (χ0n) is 18.5. The molecule has 2 heteroatoms. The molecule has 5 aromatic rings. The quantitative estimate of drug-likeness (QED) is 0.177. The topological polar surface area (TPSA) is 17.1 Å².